The van der Waals surface area contributed by atoms with Gasteiger partial charge in [-0.3, -0.25) is 0 Å². The SMILES string of the molecule is c1coc(CN[C@H]2CCCC[C@@H]2NCc2ccco2)c1. The zero-order valence-corrected chi connectivity index (χ0v) is 11.7. The third-order valence-corrected chi connectivity index (χ3v) is 4.00. The zero-order valence-electron chi connectivity index (χ0n) is 11.7. The van der Waals surface area contributed by atoms with Gasteiger partial charge in [-0.1, -0.05) is 12.8 Å². The summed E-state index contributed by atoms with van der Waals surface area (Å²) < 4.78 is 10.8. The Kier molecular flexibility index (Phi) is 4.56. The second kappa shape index (κ2) is 6.77. The molecule has 1 fully saturated rings. The van der Waals surface area contributed by atoms with Crippen LogP contribution in [0, 0.1) is 0 Å². The van der Waals surface area contributed by atoms with Crippen LogP contribution >= 0.6 is 0 Å². The van der Waals surface area contributed by atoms with E-state index in [-0.39, 0.29) is 0 Å². The normalized spacial score (nSPS) is 23.0. The maximum atomic E-state index is 5.38. The van der Waals surface area contributed by atoms with Gasteiger partial charge in [0, 0.05) is 12.1 Å². The maximum Gasteiger partial charge on any atom is 0.117 e. The summed E-state index contributed by atoms with van der Waals surface area (Å²) >= 11 is 0. The Balaban J connectivity index is 1.50. The van der Waals surface area contributed by atoms with Crippen LogP contribution in [0.2, 0.25) is 0 Å². The third-order valence-electron chi connectivity index (χ3n) is 4.00. The quantitative estimate of drug-likeness (QED) is 0.850. The molecule has 1 aliphatic rings. The van der Waals surface area contributed by atoms with E-state index in [2.05, 4.69) is 10.6 Å². The molecule has 108 valence electrons. The lowest BCUT2D eigenvalue weighted by molar-refractivity contribution is 0.270. The van der Waals surface area contributed by atoms with Crippen molar-refractivity contribution in [2.45, 2.75) is 50.9 Å². The molecule has 0 aliphatic heterocycles. The van der Waals surface area contributed by atoms with Crippen LogP contribution in [-0.2, 0) is 13.1 Å². The minimum atomic E-state index is 0.504. The van der Waals surface area contributed by atoms with Gasteiger partial charge in [-0.25, -0.2) is 0 Å². The van der Waals surface area contributed by atoms with E-state index < -0.39 is 0 Å². The standard InChI is InChI=1S/C16H22N2O2/c1-2-8-16(18-12-14-6-4-10-20-14)15(7-1)17-11-13-5-3-9-19-13/h3-6,9-10,15-18H,1-2,7-8,11-12H2/t15-,16-/m0/s1. The van der Waals surface area contributed by atoms with Crippen molar-refractivity contribution in [2.24, 2.45) is 0 Å². The fraction of sp³-hybridized carbons (Fsp3) is 0.500. The van der Waals surface area contributed by atoms with Gasteiger partial charge in [-0.05, 0) is 37.1 Å². The molecule has 0 bridgehead atoms. The van der Waals surface area contributed by atoms with Crippen LogP contribution < -0.4 is 10.6 Å². The van der Waals surface area contributed by atoms with Crippen LogP contribution in [0.1, 0.15) is 37.2 Å². The molecule has 2 N–H and O–H groups in total. The fourth-order valence-electron chi connectivity index (χ4n) is 2.91. The molecular weight excluding hydrogens is 252 g/mol. The molecule has 0 radical (unpaired) electrons. The van der Waals surface area contributed by atoms with Crippen molar-refractivity contribution in [3.05, 3.63) is 48.3 Å². The van der Waals surface area contributed by atoms with Gasteiger partial charge in [0.25, 0.3) is 0 Å². The molecule has 1 saturated carbocycles. The number of furan rings is 2. The van der Waals surface area contributed by atoms with Gasteiger partial charge >= 0.3 is 0 Å². The Hall–Kier alpha value is -1.52. The highest BCUT2D eigenvalue weighted by Gasteiger charge is 2.24. The maximum absolute atomic E-state index is 5.38. The summed E-state index contributed by atoms with van der Waals surface area (Å²) in [6.07, 6.45) is 8.49. The van der Waals surface area contributed by atoms with Crippen molar-refractivity contribution in [2.75, 3.05) is 0 Å². The third kappa shape index (κ3) is 3.52. The van der Waals surface area contributed by atoms with Gasteiger partial charge in [-0.15, -0.1) is 0 Å². The Morgan fingerprint density at radius 2 is 1.35 bits per heavy atom. The summed E-state index contributed by atoms with van der Waals surface area (Å²) in [7, 11) is 0. The molecule has 0 unspecified atom stereocenters. The van der Waals surface area contributed by atoms with E-state index in [9.17, 15) is 0 Å². The van der Waals surface area contributed by atoms with Crippen LogP contribution in [-0.4, -0.2) is 12.1 Å². The van der Waals surface area contributed by atoms with Gasteiger partial charge in [0.1, 0.15) is 11.5 Å². The minimum absolute atomic E-state index is 0.504. The predicted molar refractivity (Wildman–Crippen MR) is 77.1 cm³/mol. The molecule has 3 rings (SSSR count). The van der Waals surface area contributed by atoms with E-state index >= 15 is 0 Å². The molecule has 0 amide bonds. The molecule has 20 heavy (non-hydrogen) atoms. The molecule has 2 atom stereocenters. The van der Waals surface area contributed by atoms with E-state index in [0.717, 1.165) is 24.6 Å². The Labute approximate surface area is 119 Å². The van der Waals surface area contributed by atoms with Crippen molar-refractivity contribution in [3.63, 3.8) is 0 Å². The van der Waals surface area contributed by atoms with Gasteiger partial charge in [-0.2, -0.15) is 0 Å². The van der Waals surface area contributed by atoms with Gasteiger partial charge in [0.05, 0.1) is 25.6 Å². The van der Waals surface area contributed by atoms with Crippen LogP contribution in [0.5, 0.6) is 0 Å². The predicted octanol–water partition coefficient (Wildman–Crippen LogP) is 3.06. The Morgan fingerprint density at radius 3 is 1.75 bits per heavy atom. The number of rotatable bonds is 6. The molecule has 0 spiro atoms. The van der Waals surface area contributed by atoms with E-state index in [1.165, 1.54) is 25.7 Å². The average molecular weight is 274 g/mol. The van der Waals surface area contributed by atoms with E-state index in [0.29, 0.717) is 12.1 Å². The molecule has 2 aromatic rings. The van der Waals surface area contributed by atoms with Crippen LogP contribution in [0.15, 0.2) is 45.6 Å². The van der Waals surface area contributed by atoms with Crippen molar-refractivity contribution in [1.29, 1.82) is 0 Å². The Bertz CT molecular complexity index is 432. The molecule has 0 aromatic carbocycles. The van der Waals surface area contributed by atoms with Crippen LogP contribution in [0.3, 0.4) is 0 Å². The topological polar surface area (TPSA) is 50.3 Å². The lowest BCUT2D eigenvalue weighted by Crippen LogP contribution is -2.49. The van der Waals surface area contributed by atoms with Crippen LogP contribution in [0.4, 0.5) is 0 Å². The average Bonchev–Trinajstić information content (AvgIpc) is 3.17. The molecular formula is C16H22N2O2. The highest BCUT2D eigenvalue weighted by atomic mass is 16.3. The highest BCUT2D eigenvalue weighted by Crippen LogP contribution is 2.19. The van der Waals surface area contributed by atoms with E-state index in [1.54, 1.807) is 12.5 Å². The lowest BCUT2D eigenvalue weighted by Gasteiger charge is -2.32. The van der Waals surface area contributed by atoms with E-state index in [1.807, 2.05) is 24.3 Å². The summed E-state index contributed by atoms with van der Waals surface area (Å²) in [6.45, 7) is 1.60. The zero-order chi connectivity index (χ0) is 13.6. The number of nitrogens with one attached hydrogen (secondary N) is 2. The molecule has 2 aromatic heterocycles. The summed E-state index contributed by atoms with van der Waals surface area (Å²) in [5.74, 6) is 2.00. The van der Waals surface area contributed by atoms with Crippen LogP contribution in [0.25, 0.3) is 0 Å². The fourth-order valence-corrected chi connectivity index (χ4v) is 2.91. The largest absolute Gasteiger partial charge is 0.468 e. The highest BCUT2D eigenvalue weighted by molar-refractivity contribution is 5.00. The summed E-state index contributed by atoms with van der Waals surface area (Å²) in [5, 5.41) is 7.23. The van der Waals surface area contributed by atoms with E-state index in [4.69, 9.17) is 8.83 Å². The monoisotopic (exact) mass is 274 g/mol. The molecule has 4 heteroatoms. The van der Waals surface area contributed by atoms with Crippen molar-refractivity contribution in [3.8, 4) is 0 Å². The summed E-state index contributed by atoms with van der Waals surface area (Å²) in [6, 6.07) is 8.91. The molecule has 2 heterocycles. The van der Waals surface area contributed by atoms with Gasteiger partial charge in [0.15, 0.2) is 0 Å². The number of hydrogen-bond acceptors (Lipinski definition) is 4. The first-order chi connectivity index (χ1) is 9.92. The second-order valence-corrected chi connectivity index (χ2v) is 5.42. The smallest absolute Gasteiger partial charge is 0.117 e. The first-order valence-corrected chi connectivity index (χ1v) is 7.43. The number of hydrogen-bond donors (Lipinski definition) is 2. The van der Waals surface area contributed by atoms with Crippen molar-refractivity contribution in [1.82, 2.24) is 10.6 Å². The first kappa shape index (κ1) is 13.5. The minimum Gasteiger partial charge on any atom is -0.468 e. The van der Waals surface area contributed by atoms with Gasteiger partial charge in [0.2, 0.25) is 0 Å². The van der Waals surface area contributed by atoms with Crippen molar-refractivity contribution >= 4 is 0 Å². The van der Waals surface area contributed by atoms with Crippen molar-refractivity contribution < 1.29 is 8.83 Å². The molecule has 0 saturated heterocycles. The molecule has 1 aliphatic carbocycles. The second-order valence-electron chi connectivity index (χ2n) is 5.42. The van der Waals surface area contributed by atoms with Gasteiger partial charge < -0.3 is 19.5 Å². The lowest BCUT2D eigenvalue weighted by atomic mass is 9.90. The summed E-state index contributed by atoms with van der Waals surface area (Å²) in [5.41, 5.74) is 0. The Morgan fingerprint density at radius 1 is 0.850 bits per heavy atom. The summed E-state index contributed by atoms with van der Waals surface area (Å²) in [4.78, 5) is 0. The molecule has 4 nitrogen and oxygen atoms in total. The first-order valence-electron chi connectivity index (χ1n) is 7.43.